The normalized spacial score (nSPS) is 9.83. The Labute approximate surface area is 84.7 Å². The molecular formula is C9H9IO2. The molecule has 0 aliphatic rings. The quantitative estimate of drug-likeness (QED) is 0.666. The number of aromatic hydroxyl groups is 1. The van der Waals surface area contributed by atoms with E-state index in [4.69, 9.17) is 0 Å². The Bertz CT molecular complexity index is 307. The van der Waals surface area contributed by atoms with Crippen molar-refractivity contribution in [1.82, 2.24) is 0 Å². The SMILES string of the molecule is CCC(=O)c1ccc(I)cc1O. The van der Waals surface area contributed by atoms with Gasteiger partial charge >= 0.3 is 0 Å². The molecule has 0 heterocycles. The zero-order chi connectivity index (χ0) is 9.14. The summed E-state index contributed by atoms with van der Waals surface area (Å²) in [6.45, 7) is 1.78. The lowest BCUT2D eigenvalue weighted by Gasteiger charge is -2.01. The van der Waals surface area contributed by atoms with Crippen LogP contribution < -0.4 is 0 Å². The van der Waals surface area contributed by atoms with Crippen LogP contribution in [0.4, 0.5) is 0 Å². The zero-order valence-electron chi connectivity index (χ0n) is 6.67. The number of Topliss-reactive ketones (excluding diaryl/α,β-unsaturated/α-hetero) is 1. The van der Waals surface area contributed by atoms with E-state index in [1.165, 1.54) is 0 Å². The van der Waals surface area contributed by atoms with Gasteiger partial charge in [-0.2, -0.15) is 0 Å². The smallest absolute Gasteiger partial charge is 0.166 e. The van der Waals surface area contributed by atoms with Crippen LogP contribution in [0, 0.1) is 3.57 Å². The third kappa shape index (κ3) is 1.97. The highest BCUT2D eigenvalue weighted by atomic mass is 127. The van der Waals surface area contributed by atoms with E-state index in [1.54, 1.807) is 19.1 Å². The molecule has 1 N–H and O–H groups in total. The first-order valence-corrected chi connectivity index (χ1v) is 4.74. The van der Waals surface area contributed by atoms with Gasteiger partial charge in [-0.1, -0.05) is 6.92 Å². The summed E-state index contributed by atoms with van der Waals surface area (Å²) in [5.74, 6) is 0.0534. The van der Waals surface area contributed by atoms with Crippen molar-refractivity contribution in [2.75, 3.05) is 0 Å². The molecule has 0 aromatic heterocycles. The van der Waals surface area contributed by atoms with Crippen LogP contribution in [0.3, 0.4) is 0 Å². The Morgan fingerprint density at radius 2 is 2.25 bits per heavy atom. The molecule has 0 bridgehead atoms. The van der Waals surface area contributed by atoms with Gasteiger partial charge in [0.1, 0.15) is 5.75 Å². The second-order valence-corrected chi connectivity index (χ2v) is 3.68. The minimum Gasteiger partial charge on any atom is -0.507 e. The third-order valence-corrected chi connectivity index (χ3v) is 2.25. The summed E-state index contributed by atoms with van der Waals surface area (Å²) in [5.41, 5.74) is 0.415. The van der Waals surface area contributed by atoms with E-state index < -0.39 is 0 Å². The van der Waals surface area contributed by atoms with Crippen LogP contribution in [0.25, 0.3) is 0 Å². The molecule has 0 atom stereocenters. The summed E-state index contributed by atoms with van der Waals surface area (Å²) in [4.78, 5) is 11.2. The summed E-state index contributed by atoms with van der Waals surface area (Å²) in [6.07, 6.45) is 0.425. The van der Waals surface area contributed by atoms with Gasteiger partial charge in [-0.25, -0.2) is 0 Å². The first kappa shape index (κ1) is 9.51. The molecule has 1 aromatic rings. The summed E-state index contributed by atoms with van der Waals surface area (Å²) >= 11 is 2.09. The second-order valence-electron chi connectivity index (χ2n) is 2.44. The Kier molecular flexibility index (Phi) is 3.08. The van der Waals surface area contributed by atoms with Crippen molar-refractivity contribution in [2.24, 2.45) is 0 Å². The lowest BCUT2D eigenvalue weighted by molar-refractivity contribution is 0.0985. The van der Waals surface area contributed by atoms with Gasteiger partial charge in [-0.3, -0.25) is 4.79 Å². The Hall–Kier alpha value is -0.580. The molecule has 0 aliphatic heterocycles. The number of hydrogen-bond acceptors (Lipinski definition) is 2. The number of phenols is 1. The van der Waals surface area contributed by atoms with E-state index in [0.717, 1.165) is 3.57 Å². The lowest BCUT2D eigenvalue weighted by atomic mass is 10.1. The number of benzene rings is 1. The van der Waals surface area contributed by atoms with Crippen molar-refractivity contribution in [3.63, 3.8) is 0 Å². The molecule has 12 heavy (non-hydrogen) atoms. The Balaban J connectivity index is 3.09. The van der Waals surface area contributed by atoms with Crippen LogP contribution in [0.1, 0.15) is 23.7 Å². The minimum absolute atomic E-state index is 0.0242. The maximum Gasteiger partial charge on any atom is 0.166 e. The average molecular weight is 276 g/mol. The highest BCUT2D eigenvalue weighted by Gasteiger charge is 2.08. The zero-order valence-corrected chi connectivity index (χ0v) is 8.83. The van der Waals surface area contributed by atoms with Gasteiger partial charge in [0.15, 0.2) is 5.78 Å². The molecule has 1 rings (SSSR count). The van der Waals surface area contributed by atoms with Gasteiger partial charge in [0.2, 0.25) is 0 Å². The fourth-order valence-corrected chi connectivity index (χ4v) is 1.41. The molecule has 64 valence electrons. The summed E-state index contributed by atoms with van der Waals surface area (Å²) in [7, 11) is 0. The molecule has 0 saturated heterocycles. The number of phenolic OH excluding ortho intramolecular Hbond substituents is 1. The topological polar surface area (TPSA) is 37.3 Å². The van der Waals surface area contributed by atoms with E-state index in [-0.39, 0.29) is 11.5 Å². The first-order chi connectivity index (χ1) is 5.65. The van der Waals surface area contributed by atoms with Crippen LogP contribution in [0.5, 0.6) is 5.75 Å². The van der Waals surface area contributed by atoms with Crippen molar-refractivity contribution < 1.29 is 9.90 Å². The first-order valence-electron chi connectivity index (χ1n) is 3.67. The molecule has 1 aromatic carbocycles. The fourth-order valence-electron chi connectivity index (χ4n) is 0.931. The number of carbonyl (C=O) groups is 1. The minimum atomic E-state index is -0.0242. The average Bonchev–Trinajstić information content (AvgIpc) is 2.03. The van der Waals surface area contributed by atoms with Crippen LogP contribution in [0.15, 0.2) is 18.2 Å². The molecule has 0 unspecified atom stereocenters. The van der Waals surface area contributed by atoms with Gasteiger partial charge in [-0.15, -0.1) is 0 Å². The van der Waals surface area contributed by atoms with Crippen LogP contribution in [-0.2, 0) is 0 Å². The van der Waals surface area contributed by atoms with Gasteiger partial charge < -0.3 is 5.11 Å². The standard InChI is InChI=1S/C9H9IO2/c1-2-8(11)7-4-3-6(10)5-9(7)12/h3-5,12H,2H2,1H3. The van der Waals surface area contributed by atoms with Gasteiger partial charge in [0, 0.05) is 9.99 Å². The summed E-state index contributed by atoms with van der Waals surface area (Å²) in [5, 5.41) is 9.37. The van der Waals surface area contributed by atoms with E-state index in [2.05, 4.69) is 22.6 Å². The molecule has 3 heteroatoms. The van der Waals surface area contributed by atoms with Crippen molar-refractivity contribution in [1.29, 1.82) is 0 Å². The number of halogens is 1. The Morgan fingerprint density at radius 3 is 2.75 bits per heavy atom. The van der Waals surface area contributed by atoms with E-state index >= 15 is 0 Å². The molecule has 0 saturated carbocycles. The molecule has 0 fully saturated rings. The van der Waals surface area contributed by atoms with Crippen LogP contribution in [0.2, 0.25) is 0 Å². The van der Waals surface area contributed by atoms with Crippen molar-refractivity contribution in [3.8, 4) is 5.75 Å². The highest BCUT2D eigenvalue weighted by molar-refractivity contribution is 14.1. The van der Waals surface area contributed by atoms with Crippen LogP contribution in [-0.4, -0.2) is 10.9 Å². The predicted octanol–water partition coefficient (Wildman–Crippen LogP) is 2.59. The maximum atomic E-state index is 11.2. The lowest BCUT2D eigenvalue weighted by Crippen LogP contribution is -1.96. The van der Waals surface area contributed by atoms with E-state index in [1.807, 2.05) is 6.07 Å². The van der Waals surface area contributed by atoms with Crippen molar-refractivity contribution in [3.05, 3.63) is 27.3 Å². The van der Waals surface area contributed by atoms with Gasteiger partial charge in [0.05, 0.1) is 5.56 Å². The molecule has 0 spiro atoms. The molecule has 2 nitrogen and oxygen atoms in total. The molecule has 0 aliphatic carbocycles. The number of hydrogen-bond donors (Lipinski definition) is 1. The monoisotopic (exact) mass is 276 g/mol. The number of rotatable bonds is 2. The number of ketones is 1. The Morgan fingerprint density at radius 1 is 1.58 bits per heavy atom. The summed E-state index contributed by atoms with van der Waals surface area (Å²) in [6, 6.07) is 5.05. The molecule has 0 amide bonds. The van der Waals surface area contributed by atoms with Crippen molar-refractivity contribution in [2.45, 2.75) is 13.3 Å². The fraction of sp³-hybridized carbons (Fsp3) is 0.222. The third-order valence-electron chi connectivity index (χ3n) is 1.58. The maximum absolute atomic E-state index is 11.2. The second kappa shape index (κ2) is 3.89. The van der Waals surface area contributed by atoms with Crippen LogP contribution >= 0.6 is 22.6 Å². The van der Waals surface area contributed by atoms with E-state index in [9.17, 15) is 9.90 Å². The van der Waals surface area contributed by atoms with E-state index in [0.29, 0.717) is 12.0 Å². The predicted molar refractivity (Wildman–Crippen MR) is 55.4 cm³/mol. The molecular weight excluding hydrogens is 267 g/mol. The largest absolute Gasteiger partial charge is 0.507 e. The van der Waals surface area contributed by atoms with Crippen molar-refractivity contribution >= 4 is 28.4 Å². The highest BCUT2D eigenvalue weighted by Crippen LogP contribution is 2.20. The summed E-state index contributed by atoms with van der Waals surface area (Å²) < 4.78 is 0.928. The van der Waals surface area contributed by atoms with Gasteiger partial charge in [0.25, 0.3) is 0 Å². The number of carbonyl (C=O) groups excluding carboxylic acids is 1. The van der Waals surface area contributed by atoms with Gasteiger partial charge in [-0.05, 0) is 40.8 Å². The molecule has 0 radical (unpaired) electrons.